The van der Waals surface area contributed by atoms with E-state index in [1.807, 2.05) is 6.07 Å². The number of hydrogen-bond acceptors (Lipinski definition) is 2. The van der Waals surface area contributed by atoms with Gasteiger partial charge in [0.25, 0.3) is 0 Å². The van der Waals surface area contributed by atoms with Gasteiger partial charge in [0, 0.05) is 32.6 Å². The van der Waals surface area contributed by atoms with E-state index in [-0.39, 0.29) is 11.7 Å². The largest absolute Gasteiger partial charge is 0.356 e. The van der Waals surface area contributed by atoms with Crippen LogP contribution in [0.2, 0.25) is 0 Å². The van der Waals surface area contributed by atoms with Crippen molar-refractivity contribution < 1.29 is 9.18 Å². The normalized spacial score (nSPS) is 15.7. The van der Waals surface area contributed by atoms with E-state index in [0.717, 1.165) is 18.4 Å². The summed E-state index contributed by atoms with van der Waals surface area (Å²) in [6.45, 7) is 2.83. The van der Waals surface area contributed by atoms with Crippen molar-refractivity contribution in [2.45, 2.75) is 58.0 Å². The molecule has 0 atom stereocenters. The van der Waals surface area contributed by atoms with Crippen molar-refractivity contribution in [2.75, 3.05) is 13.6 Å². The fourth-order valence-corrected chi connectivity index (χ4v) is 3.06. The van der Waals surface area contributed by atoms with Crippen LogP contribution in [0, 0.1) is 12.7 Å². The molecule has 5 nitrogen and oxygen atoms in total. The third-order valence-corrected chi connectivity index (χ3v) is 4.52. The summed E-state index contributed by atoms with van der Waals surface area (Å²) in [5.41, 5.74) is 1.61. The number of benzene rings is 1. The molecular weight excluding hydrogens is 319 g/mol. The van der Waals surface area contributed by atoms with Gasteiger partial charge in [-0.2, -0.15) is 0 Å². The molecule has 1 amide bonds. The summed E-state index contributed by atoms with van der Waals surface area (Å²) in [4.78, 5) is 16.1. The van der Waals surface area contributed by atoms with Gasteiger partial charge in [-0.05, 0) is 37.0 Å². The number of aryl methyl sites for hydroxylation is 1. The fourth-order valence-electron chi connectivity index (χ4n) is 3.06. The topological polar surface area (TPSA) is 65.5 Å². The number of hydrogen-bond donors (Lipinski definition) is 3. The highest BCUT2D eigenvalue weighted by atomic mass is 19.1. The number of halogens is 1. The molecule has 6 heteroatoms. The minimum atomic E-state index is -0.199. The molecule has 1 saturated carbocycles. The molecule has 0 radical (unpaired) electrons. The van der Waals surface area contributed by atoms with Crippen molar-refractivity contribution in [2.24, 2.45) is 4.99 Å². The Bertz CT molecular complexity index is 597. The van der Waals surface area contributed by atoms with Crippen LogP contribution in [-0.4, -0.2) is 31.5 Å². The van der Waals surface area contributed by atoms with Crippen LogP contribution in [0.15, 0.2) is 23.2 Å². The molecule has 1 aromatic rings. The first kappa shape index (κ1) is 19.2. The van der Waals surface area contributed by atoms with Crippen LogP contribution >= 0.6 is 0 Å². The van der Waals surface area contributed by atoms with Gasteiger partial charge in [-0.3, -0.25) is 9.79 Å². The Morgan fingerprint density at radius 2 is 2.00 bits per heavy atom. The first-order valence-corrected chi connectivity index (χ1v) is 9.07. The number of carbonyl (C=O) groups is 1. The molecule has 1 aromatic carbocycles. The molecule has 0 bridgehead atoms. The second-order valence-corrected chi connectivity index (χ2v) is 6.59. The molecule has 138 valence electrons. The van der Waals surface area contributed by atoms with Gasteiger partial charge in [0.2, 0.25) is 5.91 Å². The molecule has 3 N–H and O–H groups in total. The molecule has 0 spiro atoms. The molecule has 2 rings (SSSR count). The van der Waals surface area contributed by atoms with Gasteiger partial charge in [0.15, 0.2) is 5.96 Å². The predicted octanol–water partition coefficient (Wildman–Crippen LogP) is 2.64. The van der Waals surface area contributed by atoms with Crippen LogP contribution in [0.5, 0.6) is 0 Å². The molecule has 0 heterocycles. The number of amides is 1. The molecule has 0 saturated heterocycles. The van der Waals surface area contributed by atoms with Crippen molar-refractivity contribution in [3.63, 3.8) is 0 Å². The minimum Gasteiger partial charge on any atom is -0.356 e. The molecule has 0 aliphatic heterocycles. The lowest BCUT2D eigenvalue weighted by Gasteiger charge is -2.22. The molecule has 0 unspecified atom stereocenters. The molecular formula is C19H29FN4O. The van der Waals surface area contributed by atoms with E-state index in [2.05, 4.69) is 20.9 Å². The Balaban J connectivity index is 1.67. The van der Waals surface area contributed by atoms with Crippen LogP contribution in [0.25, 0.3) is 0 Å². The van der Waals surface area contributed by atoms with E-state index in [1.54, 1.807) is 20.0 Å². The van der Waals surface area contributed by atoms with Crippen LogP contribution < -0.4 is 16.0 Å². The summed E-state index contributed by atoms with van der Waals surface area (Å²) in [6.07, 6.45) is 6.32. The fraction of sp³-hybridized carbons (Fsp3) is 0.579. The Morgan fingerprint density at radius 3 is 2.68 bits per heavy atom. The molecule has 25 heavy (non-hydrogen) atoms. The molecule has 1 fully saturated rings. The predicted molar refractivity (Wildman–Crippen MR) is 99.0 cm³/mol. The van der Waals surface area contributed by atoms with Gasteiger partial charge < -0.3 is 16.0 Å². The number of nitrogens with one attached hydrogen (secondary N) is 3. The summed E-state index contributed by atoms with van der Waals surface area (Å²) in [7, 11) is 1.69. The third kappa shape index (κ3) is 6.72. The highest BCUT2D eigenvalue weighted by molar-refractivity contribution is 5.81. The highest BCUT2D eigenvalue weighted by Gasteiger charge is 2.15. The maximum atomic E-state index is 13.3. The zero-order valence-electron chi connectivity index (χ0n) is 15.2. The molecule has 1 aliphatic carbocycles. The van der Waals surface area contributed by atoms with Gasteiger partial charge in [-0.15, -0.1) is 0 Å². The van der Waals surface area contributed by atoms with E-state index in [9.17, 15) is 9.18 Å². The average Bonchev–Trinajstić information content (AvgIpc) is 2.61. The van der Waals surface area contributed by atoms with Crippen molar-refractivity contribution >= 4 is 11.9 Å². The van der Waals surface area contributed by atoms with Gasteiger partial charge >= 0.3 is 0 Å². The number of aliphatic imine (C=N–C) groups is 1. The maximum absolute atomic E-state index is 13.3. The Kier molecular flexibility index (Phi) is 7.70. The Labute approximate surface area is 149 Å². The SMILES string of the molecule is CN=C(NCCC(=O)NC1CCCCC1)NCc1ccc(F)c(C)c1. The first-order chi connectivity index (χ1) is 12.1. The van der Waals surface area contributed by atoms with E-state index in [0.29, 0.717) is 37.1 Å². The lowest BCUT2D eigenvalue weighted by molar-refractivity contribution is -0.121. The quantitative estimate of drug-likeness (QED) is 0.547. The minimum absolute atomic E-state index is 0.0870. The summed E-state index contributed by atoms with van der Waals surface area (Å²) in [5.74, 6) is 0.520. The first-order valence-electron chi connectivity index (χ1n) is 9.07. The number of carbonyl (C=O) groups excluding carboxylic acids is 1. The second-order valence-electron chi connectivity index (χ2n) is 6.59. The summed E-state index contributed by atoms with van der Waals surface area (Å²) in [6, 6.07) is 5.38. The number of nitrogens with zero attached hydrogens (tertiary/aromatic N) is 1. The summed E-state index contributed by atoms with van der Waals surface area (Å²) in [5, 5.41) is 9.42. The third-order valence-electron chi connectivity index (χ3n) is 4.52. The summed E-state index contributed by atoms with van der Waals surface area (Å²) >= 11 is 0. The van der Waals surface area contributed by atoms with Crippen molar-refractivity contribution in [1.82, 2.24) is 16.0 Å². The lowest BCUT2D eigenvalue weighted by Crippen LogP contribution is -2.41. The van der Waals surface area contributed by atoms with Gasteiger partial charge in [0.05, 0.1) is 0 Å². The van der Waals surface area contributed by atoms with E-state index < -0.39 is 0 Å². The van der Waals surface area contributed by atoms with Crippen LogP contribution in [0.1, 0.15) is 49.7 Å². The van der Waals surface area contributed by atoms with Crippen LogP contribution in [0.4, 0.5) is 4.39 Å². The van der Waals surface area contributed by atoms with Gasteiger partial charge in [0.1, 0.15) is 5.82 Å². The van der Waals surface area contributed by atoms with Gasteiger partial charge in [-0.25, -0.2) is 4.39 Å². The second kappa shape index (κ2) is 10.0. The van der Waals surface area contributed by atoms with E-state index in [1.165, 1.54) is 25.3 Å². The molecule has 0 aromatic heterocycles. The Hall–Kier alpha value is -2.11. The maximum Gasteiger partial charge on any atom is 0.221 e. The van der Waals surface area contributed by atoms with E-state index in [4.69, 9.17) is 0 Å². The van der Waals surface area contributed by atoms with Crippen molar-refractivity contribution in [3.8, 4) is 0 Å². The monoisotopic (exact) mass is 348 g/mol. The van der Waals surface area contributed by atoms with Gasteiger partial charge in [-0.1, -0.05) is 31.4 Å². The standard InChI is InChI=1S/C19H29FN4O/c1-14-12-15(8-9-17(14)20)13-23-19(21-2)22-11-10-18(25)24-16-6-4-3-5-7-16/h8-9,12,16H,3-7,10-11,13H2,1-2H3,(H,24,25)(H2,21,22,23). The Morgan fingerprint density at radius 1 is 1.24 bits per heavy atom. The molecule has 1 aliphatic rings. The lowest BCUT2D eigenvalue weighted by atomic mass is 9.95. The summed E-state index contributed by atoms with van der Waals surface area (Å²) < 4.78 is 13.3. The zero-order valence-corrected chi connectivity index (χ0v) is 15.2. The van der Waals surface area contributed by atoms with Crippen molar-refractivity contribution in [1.29, 1.82) is 0 Å². The van der Waals surface area contributed by atoms with Crippen LogP contribution in [-0.2, 0) is 11.3 Å². The zero-order chi connectivity index (χ0) is 18.1. The highest BCUT2D eigenvalue weighted by Crippen LogP contribution is 2.17. The number of rotatable bonds is 6. The number of guanidine groups is 1. The van der Waals surface area contributed by atoms with Crippen molar-refractivity contribution in [3.05, 3.63) is 35.1 Å². The van der Waals surface area contributed by atoms with Crippen LogP contribution in [0.3, 0.4) is 0 Å². The average molecular weight is 348 g/mol. The van der Waals surface area contributed by atoms with E-state index >= 15 is 0 Å². The smallest absolute Gasteiger partial charge is 0.221 e.